The minimum atomic E-state index is 0.856. The van der Waals surface area contributed by atoms with Gasteiger partial charge in [0.1, 0.15) is 5.58 Å². The molecule has 12 aromatic rings. The predicted octanol–water partition coefficient (Wildman–Crippen LogP) is 17.2. The smallest absolute Gasteiger partial charge is 0.159 e. The zero-order valence-corrected chi connectivity index (χ0v) is 33.9. The Balaban J connectivity index is 0.988. The Hall–Kier alpha value is -8.20. The average Bonchev–Trinajstić information content (AvgIpc) is 3.74. The van der Waals surface area contributed by atoms with E-state index in [1.807, 2.05) is 6.07 Å². The summed E-state index contributed by atoms with van der Waals surface area (Å²) in [7, 11) is 0. The molecule has 0 spiro atoms. The first-order chi connectivity index (χ1) is 30.7. The van der Waals surface area contributed by atoms with E-state index in [1.165, 1.54) is 60.1 Å². The first kappa shape index (κ1) is 35.7. The van der Waals surface area contributed by atoms with Crippen LogP contribution in [0.3, 0.4) is 0 Å². The summed E-state index contributed by atoms with van der Waals surface area (Å²) in [6.45, 7) is 0. The van der Waals surface area contributed by atoms with Gasteiger partial charge in [0.25, 0.3) is 0 Å². The van der Waals surface area contributed by atoms with Gasteiger partial charge in [0.2, 0.25) is 0 Å². The lowest BCUT2D eigenvalue weighted by molar-refractivity contribution is 0.669. The molecule has 12 rings (SSSR count). The highest BCUT2D eigenvalue weighted by Crippen LogP contribution is 2.45. The maximum absolute atomic E-state index is 6.70. The molecule has 0 N–H and O–H groups in total. The number of benzene rings is 11. The molecular weight excluding hydrogens is 751 g/mol. The van der Waals surface area contributed by atoms with Crippen molar-refractivity contribution in [1.29, 1.82) is 0 Å². The highest BCUT2D eigenvalue weighted by molar-refractivity contribution is 6.11. The van der Waals surface area contributed by atoms with Gasteiger partial charge in [-0.15, -0.1) is 0 Å². The molecular formula is C60H39NO. The summed E-state index contributed by atoms with van der Waals surface area (Å²) in [5, 5.41) is 9.72. The van der Waals surface area contributed by atoms with Crippen LogP contribution in [0.2, 0.25) is 0 Å². The van der Waals surface area contributed by atoms with Gasteiger partial charge in [-0.1, -0.05) is 188 Å². The molecule has 0 radical (unpaired) electrons. The first-order valence-electron chi connectivity index (χ1n) is 21.2. The van der Waals surface area contributed by atoms with E-state index in [1.54, 1.807) is 0 Å². The van der Waals surface area contributed by atoms with Crippen LogP contribution in [0.1, 0.15) is 0 Å². The Bertz CT molecular complexity index is 3640. The zero-order chi connectivity index (χ0) is 41.0. The van der Waals surface area contributed by atoms with Crippen molar-refractivity contribution < 1.29 is 4.42 Å². The summed E-state index contributed by atoms with van der Waals surface area (Å²) < 4.78 is 6.70. The van der Waals surface area contributed by atoms with Crippen LogP contribution < -0.4 is 4.90 Å². The molecule has 0 aliphatic heterocycles. The Morgan fingerprint density at radius 3 is 1.65 bits per heavy atom. The third kappa shape index (κ3) is 6.12. The van der Waals surface area contributed by atoms with Crippen molar-refractivity contribution in [1.82, 2.24) is 0 Å². The molecule has 1 aromatic heterocycles. The molecule has 0 unspecified atom stereocenters. The fourth-order valence-electron chi connectivity index (χ4n) is 9.44. The molecule has 0 aliphatic rings. The van der Waals surface area contributed by atoms with Gasteiger partial charge in [0.15, 0.2) is 5.58 Å². The second-order valence-electron chi connectivity index (χ2n) is 16.1. The van der Waals surface area contributed by atoms with Crippen molar-refractivity contribution in [2.45, 2.75) is 0 Å². The average molecular weight is 790 g/mol. The highest BCUT2D eigenvalue weighted by atomic mass is 16.3. The van der Waals surface area contributed by atoms with Gasteiger partial charge < -0.3 is 9.32 Å². The van der Waals surface area contributed by atoms with E-state index in [-0.39, 0.29) is 0 Å². The molecule has 1 heterocycles. The number of nitrogens with zero attached hydrogens (tertiary/aromatic N) is 1. The second kappa shape index (κ2) is 14.8. The normalized spacial score (nSPS) is 11.5. The summed E-state index contributed by atoms with van der Waals surface area (Å²) in [5.41, 5.74) is 14.3. The van der Waals surface area contributed by atoms with Crippen LogP contribution in [-0.2, 0) is 0 Å². The van der Waals surface area contributed by atoms with Crippen LogP contribution >= 0.6 is 0 Å². The summed E-state index contributed by atoms with van der Waals surface area (Å²) in [6.07, 6.45) is 0. The lowest BCUT2D eigenvalue weighted by Crippen LogP contribution is -2.10. The third-order valence-corrected chi connectivity index (χ3v) is 12.4. The number of rotatable bonds is 7. The Labute approximate surface area is 360 Å². The Kier molecular flexibility index (Phi) is 8.53. The van der Waals surface area contributed by atoms with Crippen molar-refractivity contribution >= 4 is 71.3 Å². The molecule has 0 saturated carbocycles. The number of hydrogen-bond acceptors (Lipinski definition) is 2. The van der Waals surface area contributed by atoms with Crippen LogP contribution in [-0.4, -0.2) is 0 Å². The molecule has 0 atom stereocenters. The number of fused-ring (bicyclic) bond motifs is 7. The minimum absolute atomic E-state index is 0.856. The molecule has 0 bridgehead atoms. The first-order valence-corrected chi connectivity index (χ1v) is 21.2. The Morgan fingerprint density at radius 1 is 0.290 bits per heavy atom. The molecule has 2 nitrogen and oxygen atoms in total. The van der Waals surface area contributed by atoms with Gasteiger partial charge in [-0.05, 0) is 125 Å². The van der Waals surface area contributed by atoms with E-state index in [9.17, 15) is 0 Å². The molecule has 11 aromatic carbocycles. The van der Waals surface area contributed by atoms with Crippen molar-refractivity contribution in [3.05, 3.63) is 237 Å². The van der Waals surface area contributed by atoms with Crippen LogP contribution in [0.15, 0.2) is 241 Å². The van der Waals surface area contributed by atoms with E-state index < -0.39 is 0 Å². The Morgan fingerprint density at radius 2 is 0.839 bits per heavy atom. The molecule has 0 amide bonds. The lowest BCUT2D eigenvalue weighted by atomic mass is 9.90. The monoisotopic (exact) mass is 789 g/mol. The maximum atomic E-state index is 6.70. The van der Waals surface area contributed by atoms with Crippen molar-refractivity contribution in [2.75, 3.05) is 4.90 Å². The number of anilines is 3. The number of para-hydroxylation sites is 2. The maximum Gasteiger partial charge on any atom is 0.159 e. The number of hydrogen-bond donors (Lipinski definition) is 0. The van der Waals surface area contributed by atoms with Crippen LogP contribution in [0.4, 0.5) is 17.1 Å². The largest absolute Gasteiger partial charge is 0.454 e. The molecule has 0 fully saturated rings. The predicted molar refractivity (Wildman–Crippen MR) is 263 cm³/mol. The quantitative estimate of drug-likeness (QED) is 0.150. The van der Waals surface area contributed by atoms with Crippen molar-refractivity contribution in [3.63, 3.8) is 0 Å². The van der Waals surface area contributed by atoms with E-state index >= 15 is 0 Å². The molecule has 2 heteroatoms. The van der Waals surface area contributed by atoms with Gasteiger partial charge in [-0.25, -0.2) is 0 Å². The van der Waals surface area contributed by atoms with E-state index in [0.717, 1.165) is 55.7 Å². The standard InChI is InChI=1S/C60H39NO/c1-2-15-44(16-3-1)59-52-22-7-5-14-41(52)33-36-53(59)42-31-34-49(35-32-42)61(57-25-12-24-55-54-23-8-9-26-58(54)62-60(55)57)50-20-11-19-47(38-50)45-17-10-18-46(37-45)48-30-29-43-28-27-40-13-4-6-21-51(40)56(43)39-48/h1-39H. The fraction of sp³-hybridized carbons (Fsp3) is 0. The van der Waals surface area contributed by atoms with Gasteiger partial charge >= 0.3 is 0 Å². The van der Waals surface area contributed by atoms with E-state index in [2.05, 4.69) is 235 Å². The van der Waals surface area contributed by atoms with Gasteiger partial charge in [0.05, 0.1) is 5.69 Å². The summed E-state index contributed by atoms with van der Waals surface area (Å²) in [5.74, 6) is 0. The molecule has 0 saturated heterocycles. The lowest BCUT2D eigenvalue weighted by Gasteiger charge is -2.26. The second-order valence-corrected chi connectivity index (χ2v) is 16.1. The fourth-order valence-corrected chi connectivity index (χ4v) is 9.44. The van der Waals surface area contributed by atoms with E-state index in [0.29, 0.717) is 0 Å². The molecule has 290 valence electrons. The van der Waals surface area contributed by atoms with Gasteiger partial charge in [-0.3, -0.25) is 0 Å². The summed E-state index contributed by atoms with van der Waals surface area (Å²) in [4.78, 5) is 2.34. The van der Waals surface area contributed by atoms with Gasteiger partial charge in [0, 0.05) is 22.1 Å². The van der Waals surface area contributed by atoms with Crippen LogP contribution in [0, 0.1) is 0 Å². The molecule has 0 aliphatic carbocycles. The zero-order valence-electron chi connectivity index (χ0n) is 33.9. The van der Waals surface area contributed by atoms with E-state index in [4.69, 9.17) is 4.42 Å². The van der Waals surface area contributed by atoms with Gasteiger partial charge in [-0.2, -0.15) is 0 Å². The number of furan rings is 1. The van der Waals surface area contributed by atoms with Crippen molar-refractivity contribution in [2.24, 2.45) is 0 Å². The summed E-state index contributed by atoms with van der Waals surface area (Å²) in [6, 6.07) is 85.4. The minimum Gasteiger partial charge on any atom is -0.454 e. The summed E-state index contributed by atoms with van der Waals surface area (Å²) >= 11 is 0. The SMILES string of the molecule is c1ccc(-c2c(-c3ccc(N(c4cccc(-c5cccc(-c6ccc7ccc8ccccc8c7c6)c5)c4)c4cccc5c4oc4ccccc45)cc3)ccc3ccccc23)cc1. The molecule has 62 heavy (non-hydrogen) atoms. The third-order valence-electron chi connectivity index (χ3n) is 12.4. The van der Waals surface area contributed by atoms with Crippen LogP contribution in [0.5, 0.6) is 0 Å². The van der Waals surface area contributed by atoms with Crippen LogP contribution in [0.25, 0.3) is 98.8 Å². The highest BCUT2D eigenvalue weighted by Gasteiger charge is 2.21. The van der Waals surface area contributed by atoms with Crippen molar-refractivity contribution in [3.8, 4) is 44.5 Å². The topological polar surface area (TPSA) is 16.4 Å².